The second-order valence-corrected chi connectivity index (χ2v) is 3.26. The van der Waals surface area contributed by atoms with Crippen molar-refractivity contribution in [3.05, 3.63) is 35.4 Å². The molecule has 0 radical (unpaired) electrons. The molecule has 0 spiro atoms. The average molecular weight is 171 g/mol. The standard InChI is InChI=1S/C10H15Cl/c1-5-9(4)10(11)7-6-8(2)3/h5-7,9H,1H2,2-4H3/b10-7+/t9-/m0/s1. The Morgan fingerprint density at radius 3 is 2.27 bits per heavy atom. The monoisotopic (exact) mass is 170 g/mol. The van der Waals surface area contributed by atoms with Crippen LogP contribution in [0, 0.1) is 5.92 Å². The molecule has 0 aliphatic carbocycles. The third kappa shape index (κ3) is 4.86. The summed E-state index contributed by atoms with van der Waals surface area (Å²) in [5.41, 5.74) is 1.25. The topological polar surface area (TPSA) is 0 Å². The van der Waals surface area contributed by atoms with Gasteiger partial charge in [-0.15, -0.1) is 6.58 Å². The summed E-state index contributed by atoms with van der Waals surface area (Å²) in [6, 6.07) is 0. The first-order valence-electron chi connectivity index (χ1n) is 3.71. The normalized spacial score (nSPS) is 14.0. The van der Waals surface area contributed by atoms with Crippen molar-refractivity contribution in [2.75, 3.05) is 0 Å². The minimum absolute atomic E-state index is 0.257. The van der Waals surface area contributed by atoms with E-state index in [2.05, 4.69) is 6.58 Å². The molecule has 0 N–H and O–H groups in total. The largest absolute Gasteiger partial charge is 0.102 e. The van der Waals surface area contributed by atoms with E-state index in [1.54, 1.807) is 0 Å². The summed E-state index contributed by atoms with van der Waals surface area (Å²) in [4.78, 5) is 0. The summed E-state index contributed by atoms with van der Waals surface area (Å²) >= 11 is 5.92. The van der Waals surface area contributed by atoms with Gasteiger partial charge >= 0.3 is 0 Å². The van der Waals surface area contributed by atoms with Crippen LogP contribution in [0.25, 0.3) is 0 Å². The van der Waals surface area contributed by atoms with Crippen LogP contribution < -0.4 is 0 Å². The molecule has 11 heavy (non-hydrogen) atoms. The van der Waals surface area contributed by atoms with Gasteiger partial charge < -0.3 is 0 Å². The first-order valence-corrected chi connectivity index (χ1v) is 4.09. The second kappa shape index (κ2) is 5.20. The Bertz CT molecular complexity index is 183. The highest BCUT2D eigenvalue weighted by atomic mass is 35.5. The predicted molar refractivity (Wildman–Crippen MR) is 52.7 cm³/mol. The molecule has 0 bridgehead atoms. The van der Waals surface area contributed by atoms with Crippen LogP contribution in [-0.2, 0) is 0 Å². The third-order valence-electron chi connectivity index (χ3n) is 1.36. The molecule has 0 amide bonds. The maximum atomic E-state index is 5.92. The van der Waals surface area contributed by atoms with Gasteiger partial charge in [0.1, 0.15) is 0 Å². The van der Waals surface area contributed by atoms with Crippen molar-refractivity contribution in [2.45, 2.75) is 20.8 Å². The Balaban J connectivity index is 4.22. The van der Waals surface area contributed by atoms with Crippen molar-refractivity contribution in [3.63, 3.8) is 0 Å². The lowest BCUT2D eigenvalue weighted by atomic mass is 10.1. The van der Waals surface area contributed by atoms with Gasteiger partial charge in [-0.2, -0.15) is 0 Å². The first-order chi connectivity index (χ1) is 5.07. The quantitative estimate of drug-likeness (QED) is 0.445. The van der Waals surface area contributed by atoms with E-state index in [0.717, 1.165) is 5.03 Å². The summed E-state index contributed by atoms with van der Waals surface area (Å²) in [6.45, 7) is 9.76. The zero-order valence-corrected chi connectivity index (χ0v) is 8.15. The summed E-state index contributed by atoms with van der Waals surface area (Å²) < 4.78 is 0. The number of hydrogen-bond acceptors (Lipinski definition) is 0. The van der Waals surface area contributed by atoms with Gasteiger partial charge in [0.2, 0.25) is 0 Å². The van der Waals surface area contributed by atoms with E-state index in [1.807, 2.05) is 39.0 Å². The summed E-state index contributed by atoms with van der Waals surface area (Å²) in [6.07, 6.45) is 5.75. The molecular formula is C10H15Cl. The Morgan fingerprint density at radius 1 is 1.36 bits per heavy atom. The molecule has 0 heterocycles. The van der Waals surface area contributed by atoms with E-state index >= 15 is 0 Å². The van der Waals surface area contributed by atoms with Gasteiger partial charge in [-0.1, -0.05) is 36.2 Å². The molecule has 62 valence electrons. The number of rotatable bonds is 3. The first kappa shape index (κ1) is 10.5. The SMILES string of the molecule is C=C[C@H](C)/C(Cl)=C\C=C(C)C. The predicted octanol–water partition coefficient (Wildman–Crippen LogP) is 3.90. The van der Waals surface area contributed by atoms with Gasteiger partial charge in [0, 0.05) is 11.0 Å². The molecule has 0 aliphatic rings. The molecule has 0 nitrogen and oxygen atoms in total. The molecule has 0 aromatic heterocycles. The molecule has 0 fully saturated rings. The van der Waals surface area contributed by atoms with Gasteiger partial charge in [0.25, 0.3) is 0 Å². The molecular weight excluding hydrogens is 156 g/mol. The van der Waals surface area contributed by atoms with Crippen molar-refractivity contribution in [1.82, 2.24) is 0 Å². The smallest absolute Gasteiger partial charge is 0.0246 e. The molecule has 0 saturated heterocycles. The molecule has 0 rings (SSSR count). The fraction of sp³-hybridized carbons (Fsp3) is 0.400. The van der Waals surface area contributed by atoms with E-state index in [4.69, 9.17) is 11.6 Å². The Hall–Kier alpha value is -0.490. The van der Waals surface area contributed by atoms with E-state index in [-0.39, 0.29) is 5.92 Å². The fourth-order valence-electron chi connectivity index (χ4n) is 0.511. The van der Waals surface area contributed by atoms with Crippen molar-refractivity contribution in [3.8, 4) is 0 Å². The lowest BCUT2D eigenvalue weighted by molar-refractivity contribution is 0.921. The molecule has 0 unspecified atom stereocenters. The summed E-state index contributed by atoms with van der Waals surface area (Å²) in [5, 5.41) is 0.834. The zero-order chi connectivity index (χ0) is 8.85. The van der Waals surface area contributed by atoms with Crippen LogP contribution >= 0.6 is 11.6 Å². The van der Waals surface area contributed by atoms with Gasteiger partial charge in [0.05, 0.1) is 0 Å². The maximum Gasteiger partial charge on any atom is 0.0246 e. The van der Waals surface area contributed by atoms with Crippen LogP contribution in [0.4, 0.5) is 0 Å². The average Bonchev–Trinajstić information content (AvgIpc) is 1.98. The van der Waals surface area contributed by atoms with Crippen LogP contribution in [0.5, 0.6) is 0 Å². The van der Waals surface area contributed by atoms with Crippen LogP contribution in [0.15, 0.2) is 35.4 Å². The minimum atomic E-state index is 0.257. The van der Waals surface area contributed by atoms with Crippen LogP contribution in [0.1, 0.15) is 20.8 Å². The second-order valence-electron chi connectivity index (χ2n) is 2.82. The summed E-state index contributed by atoms with van der Waals surface area (Å²) in [5.74, 6) is 0.257. The van der Waals surface area contributed by atoms with Crippen molar-refractivity contribution < 1.29 is 0 Å². The fourth-order valence-corrected chi connectivity index (χ4v) is 0.663. The van der Waals surface area contributed by atoms with Crippen LogP contribution in [-0.4, -0.2) is 0 Å². The zero-order valence-electron chi connectivity index (χ0n) is 7.39. The Kier molecular flexibility index (Phi) is 4.97. The van der Waals surface area contributed by atoms with E-state index in [0.29, 0.717) is 0 Å². The molecule has 1 atom stereocenters. The Morgan fingerprint density at radius 2 is 1.91 bits per heavy atom. The van der Waals surface area contributed by atoms with Gasteiger partial charge in [-0.3, -0.25) is 0 Å². The summed E-state index contributed by atoms with van der Waals surface area (Å²) in [7, 11) is 0. The van der Waals surface area contributed by atoms with Gasteiger partial charge in [0.15, 0.2) is 0 Å². The van der Waals surface area contributed by atoms with Crippen molar-refractivity contribution >= 4 is 11.6 Å². The highest BCUT2D eigenvalue weighted by Gasteiger charge is 1.97. The maximum absolute atomic E-state index is 5.92. The lowest BCUT2D eigenvalue weighted by Gasteiger charge is -2.01. The van der Waals surface area contributed by atoms with E-state index in [1.165, 1.54) is 5.57 Å². The van der Waals surface area contributed by atoms with Crippen molar-refractivity contribution in [2.24, 2.45) is 5.92 Å². The van der Waals surface area contributed by atoms with Crippen molar-refractivity contribution in [1.29, 1.82) is 0 Å². The Labute approximate surface area is 74.3 Å². The minimum Gasteiger partial charge on any atom is -0.102 e. The number of halogens is 1. The number of allylic oxidation sites excluding steroid dienone is 5. The molecule has 0 aliphatic heterocycles. The van der Waals surface area contributed by atoms with E-state index in [9.17, 15) is 0 Å². The van der Waals surface area contributed by atoms with E-state index < -0.39 is 0 Å². The highest BCUT2D eigenvalue weighted by molar-refractivity contribution is 6.30. The molecule has 0 saturated carbocycles. The van der Waals surface area contributed by atoms with Crippen LogP contribution in [0.3, 0.4) is 0 Å². The number of hydrogen-bond donors (Lipinski definition) is 0. The van der Waals surface area contributed by atoms with Gasteiger partial charge in [-0.05, 0) is 19.9 Å². The highest BCUT2D eigenvalue weighted by Crippen LogP contribution is 2.15. The molecule has 0 aromatic rings. The lowest BCUT2D eigenvalue weighted by Crippen LogP contribution is -1.86. The molecule has 1 heteroatoms. The van der Waals surface area contributed by atoms with Crippen LogP contribution in [0.2, 0.25) is 0 Å². The van der Waals surface area contributed by atoms with Gasteiger partial charge in [-0.25, -0.2) is 0 Å². The molecule has 0 aromatic carbocycles. The third-order valence-corrected chi connectivity index (χ3v) is 1.83.